The molecule has 0 amide bonds. The Balaban J connectivity index is 3.18. The Morgan fingerprint density at radius 3 is 2.86 bits per heavy atom. The van der Waals surface area contributed by atoms with Crippen LogP contribution >= 0.6 is 11.6 Å². The Morgan fingerprint density at radius 1 is 1.57 bits per heavy atom. The quantitative estimate of drug-likeness (QED) is 0.565. The van der Waals surface area contributed by atoms with Crippen molar-refractivity contribution in [2.75, 3.05) is 5.88 Å². The van der Waals surface area contributed by atoms with Gasteiger partial charge in [0.05, 0.1) is 11.6 Å². The lowest BCUT2D eigenvalue weighted by Crippen LogP contribution is -2.05. The van der Waals surface area contributed by atoms with Gasteiger partial charge in [-0.05, 0) is 18.6 Å². The second-order valence-corrected chi connectivity index (χ2v) is 3.35. The van der Waals surface area contributed by atoms with Crippen LogP contribution in [0.1, 0.15) is 27.9 Å². The smallest absolute Gasteiger partial charge is 0.165 e. The van der Waals surface area contributed by atoms with E-state index in [2.05, 4.69) is 0 Å². The number of nitriles is 1. The van der Waals surface area contributed by atoms with Crippen LogP contribution in [-0.2, 0) is 0 Å². The maximum atomic E-state index is 11.6. The molecule has 0 saturated heterocycles. The molecule has 3 heteroatoms. The molecule has 0 radical (unpaired) electrons. The zero-order chi connectivity index (χ0) is 10.6. The Hall–Kier alpha value is -1.33. The summed E-state index contributed by atoms with van der Waals surface area (Å²) < 4.78 is 0. The summed E-state index contributed by atoms with van der Waals surface area (Å²) in [7, 11) is 0. The van der Waals surface area contributed by atoms with Crippen LogP contribution in [0.3, 0.4) is 0 Å². The molecule has 0 aliphatic heterocycles. The molecule has 1 aromatic rings. The van der Waals surface area contributed by atoms with Crippen molar-refractivity contribution >= 4 is 17.4 Å². The topological polar surface area (TPSA) is 40.9 Å². The molecule has 1 aromatic carbocycles. The van der Waals surface area contributed by atoms with Crippen LogP contribution in [-0.4, -0.2) is 11.7 Å². The Kier molecular flexibility index (Phi) is 3.67. The lowest BCUT2D eigenvalue weighted by Gasteiger charge is -2.05. The summed E-state index contributed by atoms with van der Waals surface area (Å²) in [6.07, 6.45) is 0.279. The van der Waals surface area contributed by atoms with Crippen molar-refractivity contribution in [2.45, 2.75) is 13.3 Å². The Labute approximate surface area is 88.1 Å². The van der Waals surface area contributed by atoms with Crippen molar-refractivity contribution in [3.8, 4) is 6.07 Å². The van der Waals surface area contributed by atoms with E-state index >= 15 is 0 Å². The largest absolute Gasteiger partial charge is 0.294 e. The van der Waals surface area contributed by atoms with Gasteiger partial charge in [0, 0.05) is 17.9 Å². The van der Waals surface area contributed by atoms with Crippen molar-refractivity contribution in [2.24, 2.45) is 0 Å². The Bertz CT molecular complexity index is 393. The molecule has 0 bridgehead atoms. The first-order valence-corrected chi connectivity index (χ1v) is 4.83. The fourth-order valence-electron chi connectivity index (χ4n) is 1.34. The van der Waals surface area contributed by atoms with Crippen LogP contribution in [0.25, 0.3) is 0 Å². The first kappa shape index (κ1) is 10.7. The zero-order valence-corrected chi connectivity index (χ0v) is 8.64. The van der Waals surface area contributed by atoms with E-state index in [9.17, 15) is 4.79 Å². The number of hydrogen-bond acceptors (Lipinski definition) is 2. The minimum atomic E-state index is -0.0605. The number of nitrogens with zero attached hydrogens (tertiary/aromatic N) is 1. The summed E-state index contributed by atoms with van der Waals surface area (Å²) in [4.78, 5) is 11.6. The highest BCUT2D eigenvalue weighted by Gasteiger charge is 2.12. The zero-order valence-electron chi connectivity index (χ0n) is 7.88. The van der Waals surface area contributed by atoms with E-state index < -0.39 is 0 Å². The van der Waals surface area contributed by atoms with Crippen LogP contribution in [0.4, 0.5) is 0 Å². The van der Waals surface area contributed by atoms with Gasteiger partial charge in [-0.25, -0.2) is 0 Å². The first-order valence-electron chi connectivity index (χ1n) is 4.29. The summed E-state index contributed by atoms with van der Waals surface area (Å²) in [5, 5.41) is 8.82. The molecule has 0 fully saturated rings. The fraction of sp³-hybridized carbons (Fsp3) is 0.273. The molecule has 0 spiro atoms. The Morgan fingerprint density at radius 2 is 2.29 bits per heavy atom. The SMILES string of the molecule is Cc1cccc(C#N)c1C(=O)CCCl. The van der Waals surface area contributed by atoms with Gasteiger partial charge in [0.25, 0.3) is 0 Å². The summed E-state index contributed by atoms with van der Waals surface area (Å²) in [6.45, 7) is 1.82. The van der Waals surface area contributed by atoms with Gasteiger partial charge in [0.1, 0.15) is 0 Å². The maximum Gasteiger partial charge on any atom is 0.165 e. The van der Waals surface area contributed by atoms with Crippen LogP contribution in [0, 0.1) is 18.3 Å². The molecule has 0 saturated carbocycles. The molecule has 2 nitrogen and oxygen atoms in total. The molecule has 0 unspecified atom stereocenters. The van der Waals surface area contributed by atoms with Crippen molar-refractivity contribution < 1.29 is 4.79 Å². The molecule has 1 rings (SSSR count). The van der Waals surface area contributed by atoms with Crippen LogP contribution in [0.2, 0.25) is 0 Å². The molecule has 14 heavy (non-hydrogen) atoms. The van der Waals surface area contributed by atoms with E-state index in [0.717, 1.165) is 5.56 Å². The van der Waals surface area contributed by atoms with E-state index in [-0.39, 0.29) is 18.1 Å². The summed E-state index contributed by atoms with van der Waals surface area (Å²) in [6, 6.07) is 7.25. The summed E-state index contributed by atoms with van der Waals surface area (Å²) in [5.74, 6) is 0.229. The molecule has 0 heterocycles. The van der Waals surface area contributed by atoms with Crippen molar-refractivity contribution in [1.29, 1.82) is 5.26 Å². The summed E-state index contributed by atoms with van der Waals surface area (Å²) >= 11 is 5.49. The highest BCUT2D eigenvalue weighted by molar-refractivity contribution is 6.19. The van der Waals surface area contributed by atoms with Crippen LogP contribution in [0.5, 0.6) is 0 Å². The second-order valence-electron chi connectivity index (χ2n) is 2.97. The number of carbonyl (C=O) groups excluding carboxylic acids is 1. The van der Waals surface area contributed by atoms with E-state index in [1.54, 1.807) is 12.1 Å². The molecule has 0 aliphatic rings. The molecular formula is C11H10ClNO. The van der Waals surface area contributed by atoms with E-state index in [1.165, 1.54) is 0 Å². The van der Waals surface area contributed by atoms with Gasteiger partial charge in [-0.1, -0.05) is 12.1 Å². The molecule has 72 valence electrons. The number of hydrogen-bond donors (Lipinski definition) is 0. The van der Waals surface area contributed by atoms with E-state index in [0.29, 0.717) is 11.1 Å². The first-order chi connectivity index (χ1) is 6.70. The normalized spacial score (nSPS) is 9.50. The minimum absolute atomic E-state index is 0.0605. The molecule has 0 aliphatic carbocycles. The number of halogens is 1. The number of alkyl halides is 1. The van der Waals surface area contributed by atoms with Crippen molar-refractivity contribution in [3.63, 3.8) is 0 Å². The molecule has 0 N–H and O–H groups in total. The van der Waals surface area contributed by atoms with Gasteiger partial charge in [-0.2, -0.15) is 5.26 Å². The standard InChI is InChI=1S/C11H10ClNO/c1-8-3-2-4-9(7-13)11(8)10(14)5-6-12/h2-4H,5-6H2,1H3. The number of Topliss-reactive ketones (excluding diaryl/α,β-unsaturated/α-hetero) is 1. The van der Waals surface area contributed by atoms with E-state index in [1.807, 2.05) is 19.1 Å². The lowest BCUT2D eigenvalue weighted by molar-refractivity contribution is 0.0988. The van der Waals surface area contributed by atoms with Gasteiger partial charge >= 0.3 is 0 Å². The average Bonchev–Trinajstić information content (AvgIpc) is 2.17. The van der Waals surface area contributed by atoms with Gasteiger partial charge < -0.3 is 0 Å². The lowest BCUT2D eigenvalue weighted by atomic mass is 9.98. The van der Waals surface area contributed by atoms with Gasteiger partial charge in [-0.15, -0.1) is 11.6 Å². The summed E-state index contributed by atoms with van der Waals surface area (Å²) in [5.41, 5.74) is 1.77. The van der Waals surface area contributed by atoms with Gasteiger partial charge in [0.15, 0.2) is 5.78 Å². The van der Waals surface area contributed by atoms with Gasteiger partial charge in [-0.3, -0.25) is 4.79 Å². The molecule has 0 aromatic heterocycles. The highest BCUT2D eigenvalue weighted by atomic mass is 35.5. The molecular weight excluding hydrogens is 198 g/mol. The third kappa shape index (κ3) is 2.12. The number of benzene rings is 1. The van der Waals surface area contributed by atoms with E-state index in [4.69, 9.17) is 16.9 Å². The van der Waals surface area contributed by atoms with Gasteiger partial charge in [0.2, 0.25) is 0 Å². The van der Waals surface area contributed by atoms with Crippen LogP contribution < -0.4 is 0 Å². The minimum Gasteiger partial charge on any atom is -0.294 e. The number of carbonyl (C=O) groups is 1. The second kappa shape index (κ2) is 4.78. The third-order valence-corrected chi connectivity index (χ3v) is 2.18. The number of ketones is 1. The van der Waals surface area contributed by atoms with Crippen molar-refractivity contribution in [3.05, 3.63) is 34.9 Å². The average molecular weight is 208 g/mol. The monoisotopic (exact) mass is 207 g/mol. The fourth-order valence-corrected chi connectivity index (χ4v) is 1.51. The highest BCUT2D eigenvalue weighted by Crippen LogP contribution is 2.15. The number of rotatable bonds is 3. The predicted octanol–water partition coefficient (Wildman–Crippen LogP) is 2.68. The third-order valence-electron chi connectivity index (χ3n) is 1.99. The maximum absolute atomic E-state index is 11.6. The van der Waals surface area contributed by atoms with Crippen molar-refractivity contribution in [1.82, 2.24) is 0 Å². The number of aryl methyl sites for hydroxylation is 1. The molecule has 0 atom stereocenters. The van der Waals surface area contributed by atoms with Crippen LogP contribution in [0.15, 0.2) is 18.2 Å². The predicted molar refractivity (Wildman–Crippen MR) is 55.6 cm³/mol.